The number of aryl methyl sites for hydroxylation is 2. The summed E-state index contributed by atoms with van der Waals surface area (Å²) >= 11 is 0. The van der Waals surface area contributed by atoms with E-state index in [1.165, 1.54) is 6.92 Å². The van der Waals surface area contributed by atoms with Gasteiger partial charge >= 0.3 is 6.16 Å². The smallest absolute Gasteiger partial charge is 0.451 e. The molecule has 0 radical (unpaired) electrons. The number of aromatic nitrogens is 2. The zero-order chi connectivity index (χ0) is 24.1. The Hall–Kier alpha value is -3.71. The van der Waals surface area contributed by atoms with Crippen LogP contribution in [0.4, 0.5) is 4.79 Å². The number of hydrogen-bond donors (Lipinski definition) is 0. The summed E-state index contributed by atoms with van der Waals surface area (Å²) in [6.07, 6.45) is 3.09. The summed E-state index contributed by atoms with van der Waals surface area (Å²) in [6.45, 7) is 11.5. The Morgan fingerprint density at radius 1 is 1.22 bits per heavy atom. The lowest BCUT2D eigenvalue weighted by molar-refractivity contribution is -0.0644. The van der Waals surface area contributed by atoms with Crippen molar-refractivity contribution in [3.8, 4) is 18.4 Å². The molecule has 0 aliphatic heterocycles. The first-order valence-corrected chi connectivity index (χ1v) is 10.2. The van der Waals surface area contributed by atoms with E-state index < -0.39 is 12.4 Å². The predicted molar refractivity (Wildman–Crippen MR) is 122 cm³/mol. The van der Waals surface area contributed by atoms with Gasteiger partial charge in [0.1, 0.15) is 17.3 Å². The molecule has 1 unspecified atom stereocenters. The predicted octanol–water partition coefficient (Wildman–Crippen LogP) is 4.88. The van der Waals surface area contributed by atoms with Gasteiger partial charge in [0.2, 0.25) is 6.29 Å². The zero-order valence-electron chi connectivity index (χ0n) is 19.6. The minimum atomic E-state index is -1.04. The number of benzene rings is 1. The molecule has 0 aliphatic rings. The first-order valence-electron chi connectivity index (χ1n) is 10.2. The molecule has 0 aliphatic carbocycles. The monoisotopic (exact) mass is 435 g/mol. The van der Waals surface area contributed by atoms with E-state index in [-0.39, 0.29) is 17.8 Å². The molecule has 32 heavy (non-hydrogen) atoms. The number of nitriles is 1. The lowest BCUT2D eigenvalue weighted by Gasteiger charge is -2.21. The molecule has 168 valence electrons. The van der Waals surface area contributed by atoms with Crippen molar-refractivity contribution in [2.45, 2.75) is 53.2 Å². The van der Waals surface area contributed by atoms with E-state index in [9.17, 15) is 10.1 Å². The highest BCUT2D eigenvalue weighted by molar-refractivity contribution is 5.94. The van der Waals surface area contributed by atoms with E-state index >= 15 is 0 Å². The van der Waals surface area contributed by atoms with Crippen molar-refractivity contribution in [2.24, 2.45) is 7.05 Å². The van der Waals surface area contributed by atoms with Crippen LogP contribution in [-0.4, -0.2) is 28.8 Å². The Morgan fingerprint density at radius 2 is 1.84 bits per heavy atom. The van der Waals surface area contributed by atoms with E-state index in [4.69, 9.17) is 20.6 Å². The lowest BCUT2D eigenvalue weighted by atomic mass is 9.86. The third-order valence-corrected chi connectivity index (χ3v) is 4.93. The van der Waals surface area contributed by atoms with Gasteiger partial charge < -0.3 is 14.2 Å². The van der Waals surface area contributed by atoms with E-state index in [1.807, 2.05) is 38.1 Å². The second kappa shape index (κ2) is 10.1. The largest absolute Gasteiger partial charge is 0.512 e. The lowest BCUT2D eigenvalue weighted by Crippen LogP contribution is -2.20. The molecule has 1 aromatic carbocycles. The van der Waals surface area contributed by atoms with Crippen LogP contribution in [0.25, 0.3) is 11.3 Å². The second-order valence-corrected chi connectivity index (χ2v) is 8.37. The molecule has 2 aromatic rings. The van der Waals surface area contributed by atoms with E-state index in [1.54, 1.807) is 11.7 Å². The molecule has 0 bridgehead atoms. The van der Waals surface area contributed by atoms with Crippen molar-refractivity contribution >= 4 is 17.5 Å². The van der Waals surface area contributed by atoms with Gasteiger partial charge in [0, 0.05) is 19.5 Å². The van der Waals surface area contributed by atoms with Crippen molar-refractivity contribution in [1.29, 1.82) is 5.26 Å². The van der Waals surface area contributed by atoms with Gasteiger partial charge in [-0.2, -0.15) is 10.4 Å². The summed E-state index contributed by atoms with van der Waals surface area (Å²) in [5.74, 6) is 2.45. The number of allylic oxidation sites excluding steroid dienone is 1. The molecule has 0 amide bonds. The molecular formula is C25H29N3O4. The van der Waals surface area contributed by atoms with Crippen LogP contribution in [-0.2, 0) is 26.7 Å². The quantitative estimate of drug-likeness (QED) is 0.211. The summed E-state index contributed by atoms with van der Waals surface area (Å²) in [7, 11) is 1.77. The van der Waals surface area contributed by atoms with Crippen molar-refractivity contribution in [3.05, 3.63) is 52.3 Å². The Kier molecular flexibility index (Phi) is 7.72. The minimum absolute atomic E-state index is 0.0226. The van der Waals surface area contributed by atoms with Gasteiger partial charge in [-0.25, -0.2) is 4.79 Å². The molecule has 1 heterocycles. The topological polar surface area (TPSA) is 86.4 Å². The van der Waals surface area contributed by atoms with Crippen LogP contribution in [0, 0.1) is 37.5 Å². The molecule has 7 nitrogen and oxygen atoms in total. The van der Waals surface area contributed by atoms with Crippen molar-refractivity contribution in [1.82, 2.24) is 9.78 Å². The van der Waals surface area contributed by atoms with Crippen molar-refractivity contribution in [2.75, 3.05) is 6.61 Å². The maximum atomic E-state index is 11.8. The van der Waals surface area contributed by atoms with E-state index in [0.29, 0.717) is 16.8 Å². The summed E-state index contributed by atoms with van der Waals surface area (Å²) in [6, 6.07) is 9.99. The minimum Gasteiger partial charge on any atom is -0.451 e. The molecular weight excluding hydrogens is 406 g/mol. The highest BCUT2D eigenvalue weighted by atomic mass is 16.8. The molecule has 1 aromatic heterocycles. The molecule has 0 saturated carbocycles. The fraction of sp³-hybridized carbons (Fsp3) is 0.400. The molecule has 1 atom stereocenters. The first kappa shape index (κ1) is 24.6. The van der Waals surface area contributed by atoms with Crippen molar-refractivity contribution in [3.63, 3.8) is 0 Å². The summed E-state index contributed by atoms with van der Waals surface area (Å²) < 4.78 is 17.5. The van der Waals surface area contributed by atoms with Gasteiger partial charge in [-0.05, 0) is 30.4 Å². The Bertz CT molecular complexity index is 1090. The van der Waals surface area contributed by atoms with Gasteiger partial charge in [-0.1, -0.05) is 51.0 Å². The third kappa shape index (κ3) is 5.70. The third-order valence-electron chi connectivity index (χ3n) is 4.93. The number of hydrogen-bond acceptors (Lipinski definition) is 6. The average Bonchev–Trinajstić information content (AvgIpc) is 2.97. The number of carbonyl (C=O) groups excluding carboxylic acids is 1. The van der Waals surface area contributed by atoms with Crippen molar-refractivity contribution < 1.29 is 19.0 Å². The van der Waals surface area contributed by atoms with Crippen LogP contribution >= 0.6 is 0 Å². The number of nitrogens with zero attached hydrogens (tertiary/aromatic N) is 3. The van der Waals surface area contributed by atoms with Gasteiger partial charge in [-0.3, -0.25) is 4.68 Å². The standard InChI is InChI=1S/C25H29N3O4/c1-9-14-30-24(29)32-18(4)31-23(22-16(2)17(3)27-28(22)8)21(15-26)19-10-12-20(13-11-19)25(5,6)7/h1,10-13,18H,14H2,2-8H3/b23-21-. The van der Waals surface area contributed by atoms with Crippen LogP contribution in [0.3, 0.4) is 0 Å². The van der Waals surface area contributed by atoms with Crippen LogP contribution < -0.4 is 0 Å². The number of rotatable bonds is 6. The Balaban J connectivity index is 2.55. The van der Waals surface area contributed by atoms with Crippen LogP contribution in [0.5, 0.6) is 0 Å². The van der Waals surface area contributed by atoms with Gasteiger partial charge in [0.25, 0.3) is 0 Å². The highest BCUT2D eigenvalue weighted by Gasteiger charge is 2.25. The number of terminal acetylenes is 1. The van der Waals surface area contributed by atoms with Gasteiger partial charge in [-0.15, -0.1) is 6.42 Å². The molecule has 2 rings (SSSR count). The molecule has 7 heteroatoms. The fourth-order valence-corrected chi connectivity index (χ4v) is 3.16. The molecule has 0 saturated heterocycles. The van der Waals surface area contributed by atoms with Crippen LogP contribution in [0.1, 0.15) is 55.8 Å². The highest BCUT2D eigenvalue weighted by Crippen LogP contribution is 2.32. The molecule has 0 fully saturated rings. The molecule has 0 spiro atoms. The maximum Gasteiger partial charge on any atom is 0.512 e. The Labute approximate surface area is 189 Å². The summed E-state index contributed by atoms with van der Waals surface area (Å²) in [5, 5.41) is 14.5. The SMILES string of the molecule is C#CCOC(=O)OC(C)O/C(=C(/C#N)c1ccc(C(C)(C)C)cc1)c1c(C)c(C)nn1C. The van der Waals surface area contributed by atoms with Crippen LogP contribution in [0.15, 0.2) is 24.3 Å². The number of carbonyl (C=O) groups is 1. The summed E-state index contributed by atoms with van der Waals surface area (Å²) in [5.41, 5.74) is 4.35. The zero-order valence-corrected chi connectivity index (χ0v) is 19.6. The van der Waals surface area contributed by atoms with E-state index in [0.717, 1.165) is 16.8 Å². The first-order chi connectivity index (χ1) is 15.0. The Morgan fingerprint density at radius 3 is 2.31 bits per heavy atom. The van der Waals surface area contributed by atoms with Gasteiger partial charge in [0.05, 0.1) is 5.69 Å². The average molecular weight is 436 g/mol. The van der Waals surface area contributed by atoms with Gasteiger partial charge in [0.15, 0.2) is 12.4 Å². The fourth-order valence-electron chi connectivity index (χ4n) is 3.16. The second-order valence-electron chi connectivity index (χ2n) is 8.37. The van der Waals surface area contributed by atoms with Crippen LogP contribution in [0.2, 0.25) is 0 Å². The maximum absolute atomic E-state index is 11.8. The summed E-state index contributed by atoms with van der Waals surface area (Å²) in [4.78, 5) is 11.8. The van der Waals surface area contributed by atoms with E-state index in [2.05, 4.69) is 37.9 Å². The normalized spacial score (nSPS) is 12.8. The molecule has 0 N–H and O–H groups in total. The number of ether oxygens (including phenoxy) is 3.